The van der Waals surface area contributed by atoms with Crippen molar-refractivity contribution >= 4 is 0 Å². The number of hydrogen-bond donors (Lipinski definition) is 1. The summed E-state index contributed by atoms with van der Waals surface area (Å²) in [5.74, 6) is 0. The van der Waals surface area contributed by atoms with Gasteiger partial charge < -0.3 is 5.11 Å². The maximum absolute atomic E-state index is 8.74. The van der Waals surface area contributed by atoms with Gasteiger partial charge in [-0.15, -0.1) is 0 Å². The van der Waals surface area contributed by atoms with Crippen LogP contribution in [0.1, 0.15) is 148 Å². The summed E-state index contributed by atoms with van der Waals surface area (Å²) in [6, 6.07) is 0. The minimum atomic E-state index is 0.372. The van der Waals surface area contributed by atoms with E-state index in [1.165, 1.54) is 135 Å². The summed E-state index contributed by atoms with van der Waals surface area (Å²) >= 11 is 0. The van der Waals surface area contributed by atoms with Gasteiger partial charge in [-0.1, -0.05) is 135 Å². The molecule has 0 aliphatic heterocycles. The van der Waals surface area contributed by atoms with Gasteiger partial charge in [0.1, 0.15) is 0 Å². The van der Waals surface area contributed by atoms with E-state index in [4.69, 9.17) is 5.11 Å². The molecule has 0 saturated heterocycles. The van der Waals surface area contributed by atoms with Crippen molar-refractivity contribution in [2.45, 2.75) is 148 Å². The number of aliphatic hydroxyl groups is 1. The van der Waals surface area contributed by atoms with E-state index in [0.29, 0.717) is 6.61 Å². The molecular formula is C26H52O. The standard InChI is InChI=1S/C26H52O/c1-2-3-4-5-6-7-8-9-10-11-12-13-14-15-16-17-18-19-20-21-22-23-24-25-26-27/h5-6,27H,2-4,7-26H2,1H3. The van der Waals surface area contributed by atoms with E-state index in [-0.39, 0.29) is 0 Å². The average Bonchev–Trinajstić information content (AvgIpc) is 2.68. The molecule has 1 nitrogen and oxygen atoms in total. The van der Waals surface area contributed by atoms with E-state index >= 15 is 0 Å². The monoisotopic (exact) mass is 380 g/mol. The van der Waals surface area contributed by atoms with Crippen LogP contribution < -0.4 is 0 Å². The van der Waals surface area contributed by atoms with Gasteiger partial charge in [0.05, 0.1) is 0 Å². The van der Waals surface area contributed by atoms with Crippen LogP contribution in [0, 0.1) is 0 Å². The van der Waals surface area contributed by atoms with Crippen molar-refractivity contribution in [1.29, 1.82) is 0 Å². The van der Waals surface area contributed by atoms with Crippen molar-refractivity contribution in [3.8, 4) is 0 Å². The predicted molar refractivity (Wildman–Crippen MR) is 123 cm³/mol. The van der Waals surface area contributed by atoms with E-state index in [1.54, 1.807) is 0 Å². The van der Waals surface area contributed by atoms with Gasteiger partial charge in [0.25, 0.3) is 0 Å². The SMILES string of the molecule is CCCCC=CCCCCCCCCCCCCCCCCCCCCO. The first-order chi connectivity index (χ1) is 13.4. The molecule has 1 heteroatoms. The van der Waals surface area contributed by atoms with Crippen molar-refractivity contribution in [3.63, 3.8) is 0 Å². The minimum Gasteiger partial charge on any atom is -0.396 e. The molecular weight excluding hydrogens is 328 g/mol. The minimum absolute atomic E-state index is 0.372. The van der Waals surface area contributed by atoms with E-state index in [9.17, 15) is 0 Å². The van der Waals surface area contributed by atoms with Crippen molar-refractivity contribution < 1.29 is 5.11 Å². The Morgan fingerprint density at radius 1 is 0.407 bits per heavy atom. The summed E-state index contributed by atoms with van der Waals surface area (Å²) < 4.78 is 0. The van der Waals surface area contributed by atoms with Crippen LogP contribution in [0.2, 0.25) is 0 Å². The summed E-state index contributed by atoms with van der Waals surface area (Å²) in [5.41, 5.74) is 0. The normalized spacial score (nSPS) is 11.6. The first-order valence-corrected chi connectivity index (χ1v) is 12.7. The highest BCUT2D eigenvalue weighted by Gasteiger charge is 1.95. The second-order valence-electron chi connectivity index (χ2n) is 8.49. The number of aliphatic hydroxyl groups excluding tert-OH is 1. The Balaban J connectivity index is 3.00. The summed E-state index contributed by atoms with van der Waals surface area (Å²) in [6.07, 6.45) is 35.1. The molecule has 0 atom stereocenters. The fraction of sp³-hybridized carbons (Fsp3) is 0.923. The van der Waals surface area contributed by atoms with E-state index in [0.717, 1.165) is 6.42 Å². The average molecular weight is 381 g/mol. The first-order valence-electron chi connectivity index (χ1n) is 12.7. The van der Waals surface area contributed by atoms with Crippen molar-refractivity contribution in [2.75, 3.05) is 6.61 Å². The fourth-order valence-electron chi connectivity index (χ4n) is 3.76. The Morgan fingerprint density at radius 2 is 0.704 bits per heavy atom. The summed E-state index contributed by atoms with van der Waals surface area (Å²) in [5, 5.41) is 8.74. The lowest BCUT2D eigenvalue weighted by atomic mass is 10.0. The van der Waals surface area contributed by atoms with Crippen LogP contribution in [-0.2, 0) is 0 Å². The zero-order chi connectivity index (χ0) is 19.7. The lowest BCUT2D eigenvalue weighted by Gasteiger charge is -2.03. The van der Waals surface area contributed by atoms with Gasteiger partial charge in [-0.3, -0.25) is 0 Å². The molecule has 0 aromatic heterocycles. The molecule has 0 fully saturated rings. The van der Waals surface area contributed by atoms with Gasteiger partial charge in [0.15, 0.2) is 0 Å². The van der Waals surface area contributed by atoms with Crippen LogP contribution in [-0.4, -0.2) is 11.7 Å². The Morgan fingerprint density at radius 3 is 1.04 bits per heavy atom. The van der Waals surface area contributed by atoms with Crippen molar-refractivity contribution in [1.82, 2.24) is 0 Å². The Labute approximate surface area is 172 Å². The molecule has 0 radical (unpaired) electrons. The number of unbranched alkanes of at least 4 members (excludes halogenated alkanes) is 20. The topological polar surface area (TPSA) is 20.2 Å². The lowest BCUT2D eigenvalue weighted by molar-refractivity contribution is 0.282. The second-order valence-corrected chi connectivity index (χ2v) is 8.49. The third-order valence-corrected chi connectivity index (χ3v) is 5.67. The zero-order valence-corrected chi connectivity index (χ0v) is 18.9. The van der Waals surface area contributed by atoms with Gasteiger partial charge in [-0.2, -0.15) is 0 Å². The molecule has 0 unspecified atom stereocenters. The van der Waals surface area contributed by atoms with Gasteiger partial charge >= 0.3 is 0 Å². The van der Waals surface area contributed by atoms with Crippen molar-refractivity contribution in [2.24, 2.45) is 0 Å². The highest BCUT2D eigenvalue weighted by atomic mass is 16.2. The van der Waals surface area contributed by atoms with Crippen LogP contribution in [0.5, 0.6) is 0 Å². The van der Waals surface area contributed by atoms with Crippen LogP contribution in [0.15, 0.2) is 12.2 Å². The molecule has 0 amide bonds. The first kappa shape index (κ1) is 26.7. The van der Waals surface area contributed by atoms with Crippen LogP contribution in [0.25, 0.3) is 0 Å². The van der Waals surface area contributed by atoms with Crippen LogP contribution >= 0.6 is 0 Å². The molecule has 27 heavy (non-hydrogen) atoms. The van der Waals surface area contributed by atoms with Crippen LogP contribution in [0.4, 0.5) is 0 Å². The lowest BCUT2D eigenvalue weighted by Crippen LogP contribution is -1.85. The van der Waals surface area contributed by atoms with Gasteiger partial charge in [0, 0.05) is 6.61 Å². The fourth-order valence-corrected chi connectivity index (χ4v) is 3.76. The molecule has 0 bridgehead atoms. The van der Waals surface area contributed by atoms with Crippen molar-refractivity contribution in [3.05, 3.63) is 12.2 Å². The molecule has 0 aliphatic rings. The number of hydrogen-bond acceptors (Lipinski definition) is 1. The zero-order valence-electron chi connectivity index (χ0n) is 18.9. The molecule has 1 N–H and O–H groups in total. The van der Waals surface area contributed by atoms with E-state index in [1.807, 2.05) is 0 Å². The largest absolute Gasteiger partial charge is 0.396 e. The highest BCUT2D eigenvalue weighted by Crippen LogP contribution is 2.14. The molecule has 0 aromatic rings. The summed E-state index contributed by atoms with van der Waals surface area (Å²) in [7, 11) is 0. The van der Waals surface area contributed by atoms with Gasteiger partial charge in [0.2, 0.25) is 0 Å². The summed E-state index contributed by atoms with van der Waals surface area (Å²) in [6.45, 7) is 2.64. The molecule has 0 saturated carbocycles. The maximum atomic E-state index is 8.74. The van der Waals surface area contributed by atoms with Crippen LogP contribution in [0.3, 0.4) is 0 Å². The molecule has 0 aromatic carbocycles. The quantitative estimate of drug-likeness (QED) is 0.138. The Bertz CT molecular complexity index is 271. The maximum Gasteiger partial charge on any atom is 0.0431 e. The molecule has 162 valence electrons. The molecule has 0 aliphatic carbocycles. The molecule has 0 heterocycles. The molecule has 0 rings (SSSR count). The Hall–Kier alpha value is -0.300. The van der Waals surface area contributed by atoms with E-state index in [2.05, 4.69) is 19.1 Å². The smallest absolute Gasteiger partial charge is 0.0431 e. The second kappa shape index (κ2) is 25.7. The Kier molecular flexibility index (Phi) is 25.4. The van der Waals surface area contributed by atoms with Gasteiger partial charge in [-0.25, -0.2) is 0 Å². The predicted octanol–water partition coefficient (Wildman–Crippen LogP) is 9.14. The third-order valence-electron chi connectivity index (χ3n) is 5.67. The highest BCUT2D eigenvalue weighted by molar-refractivity contribution is 4.81. The summed E-state index contributed by atoms with van der Waals surface area (Å²) in [4.78, 5) is 0. The van der Waals surface area contributed by atoms with E-state index < -0.39 is 0 Å². The number of rotatable bonds is 23. The number of allylic oxidation sites excluding steroid dienone is 2. The molecule has 0 spiro atoms. The van der Waals surface area contributed by atoms with Gasteiger partial charge in [-0.05, 0) is 25.7 Å². The third kappa shape index (κ3) is 25.7.